The van der Waals surface area contributed by atoms with Gasteiger partial charge in [0.2, 0.25) is 5.95 Å². The van der Waals surface area contributed by atoms with E-state index in [0.717, 1.165) is 11.1 Å². The standard InChI is InChI=1S/C28H25Cl2N5O4/c1-16-25(27(36)34-23-13-20(37-2)9-10-24(23)38-3)26(35-28(33-16)31-15-32-35)17-5-4-6-21(11-17)39-14-18-7-8-19(29)12-22(18)30/h4-13,15,26H,14H2,1-3H3,(H,34,36)(H,31,32,33)/t26-/m1/s1. The number of nitrogens with one attached hydrogen (secondary N) is 2. The van der Waals surface area contributed by atoms with Gasteiger partial charge >= 0.3 is 0 Å². The van der Waals surface area contributed by atoms with E-state index in [-0.39, 0.29) is 12.5 Å². The number of anilines is 2. The number of rotatable bonds is 8. The molecule has 0 aliphatic carbocycles. The molecule has 0 fully saturated rings. The van der Waals surface area contributed by atoms with Gasteiger partial charge < -0.3 is 24.8 Å². The topological polar surface area (TPSA) is 99.5 Å². The van der Waals surface area contributed by atoms with Gasteiger partial charge in [0.25, 0.3) is 5.91 Å². The summed E-state index contributed by atoms with van der Waals surface area (Å²) < 4.78 is 18.5. The van der Waals surface area contributed by atoms with Crippen molar-refractivity contribution in [3.05, 3.63) is 99.4 Å². The van der Waals surface area contributed by atoms with Gasteiger partial charge in [-0.3, -0.25) is 4.79 Å². The third-order valence-electron chi connectivity index (χ3n) is 6.28. The monoisotopic (exact) mass is 565 g/mol. The van der Waals surface area contributed by atoms with Gasteiger partial charge in [0, 0.05) is 27.4 Å². The Balaban J connectivity index is 1.47. The predicted molar refractivity (Wildman–Crippen MR) is 150 cm³/mol. The fraction of sp³-hybridized carbons (Fsp3) is 0.179. The second-order valence-electron chi connectivity index (χ2n) is 8.71. The number of ether oxygens (including phenoxy) is 3. The molecule has 1 amide bonds. The Labute approximate surface area is 235 Å². The molecular weight excluding hydrogens is 541 g/mol. The Hall–Kier alpha value is -4.21. The SMILES string of the molecule is COc1ccc(OC)c(NC(=O)C2=C(C)Nc3ncnn3[C@@H]2c2cccc(OCc3ccc(Cl)cc3Cl)c2)c1. The average Bonchev–Trinajstić information content (AvgIpc) is 3.40. The number of nitrogens with zero attached hydrogens (tertiary/aromatic N) is 3. The molecule has 9 nitrogen and oxygen atoms in total. The lowest BCUT2D eigenvalue weighted by Crippen LogP contribution is -2.31. The number of aromatic nitrogens is 3. The van der Waals surface area contributed by atoms with E-state index in [9.17, 15) is 4.79 Å². The predicted octanol–water partition coefficient (Wildman–Crippen LogP) is 6.11. The number of hydrogen-bond donors (Lipinski definition) is 2. The molecule has 4 aromatic rings. The molecule has 2 heterocycles. The van der Waals surface area contributed by atoms with Crippen LogP contribution in [-0.2, 0) is 11.4 Å². The first-order chi connectivity index (χ1) is 18.9. The highest BCUT2D eigenvalue weighted by Gasteiger charge is 2.34. The molecule has 3 aromatic carbocycles. The van der Waals surface area contributed by atoms with Crippen LogP contribution in [-0.4, -0.2) is 34.9 Å². The maximum Gasteiger partial charge on any atom is 0.255 e. The lowest BCUT2D eigenvalue weighted by atomic mass is 9.94. The molecule has 0 bridgehead atoms. The van der Waals surface area contributed by atoms with E-state index >= 15 is 0 Å². The van der Waals surface area contributed by atoms with Crippen molar-refractivity contribution in [3.63, 3.8) is 0 Å². The van der Waals surface area contributed by atoms with Gasteiger partial charge in [-0.2, -0.15) is 10.1 Å². The highest BCUT2D eigenvalue weighted by Crippen LogP contribution is 2.37. The van der Waals surface area contributed by atoms with E-state index in [2.05, 4.69) is 20.7 Å². The minimum Gasteiger partial charge on any atom is -0.497 e. The van der Waals surface area contributed by atoms with Gasteiger partial charge in [0.05, 0.1) is 25.5 Å². The summed E-state index contributed by atoms with van der Waals surface area (Å²) in [6.07, 6.45) is 1.44. The van der Waals surface area contributed by atoms with Gasteiger partial charge in [-0.1, -0.05) is 41.4 Å². The Morgan fingerprint density at radius 3 is 2.67 bits per heavy atom. The van der Waals surface area contributed by atoms with Crippen LogP contribution in [0.25, 0.3) is 0 Å². The normalized spacial score (nSPS) is 14.3. The summed E-state index contributed by atoms with van der Waals surface area (Å²) in [5, 5.41) is 11.6. The van der Waals surface area contributed by atoms with E-state index < -0.39 is 6.04 Å². The summed E-state index contributed by atoms with van der Waals surface area (Å²) in [7, 11) is 3.10. The highest BCUT2D eigenvalue weighted by molar-refractivity contribution is 6.35. The second kappa shape index (κ2) is 11.3. The summed E-state index contributed by atoms with van der Waals surface area (Å²) in [6.45, 7) is 2.07. The summed E-state index contributed by atoms with van der Waals surface area (Å²) in [6, 6.07) is 17.4. The molecule has 11 heteroatoms. The van der Waals surface area contributed by atoms with Crippen LogP contribution in [0, 0.1) is 0 Å². The van der Waals surface area contributed by atoms with Crippen LogP contribution in [0.3, 0.4) is 0 Å². The molecule has 39 heavy (non-hydrogen) atoms. The lowest BCUT2D eigenvalue weighted by Gasteiger charge is -2.29. The molecule has 1 atom stereocenters. The van der Waals surface area contributed by atoms with Gasteiger partial charge in [-0.15, -0.1) is 0 Å². The average molecular weight is 566 g/mol. The molecule has 2 N–H and O–H groups in total. The number of methoxy groups -OCH3 is 2. The Morgan fingerprint density at radius 2 is 1.90 bits per heavy atom. The largest absolute Gasteiger partial charge is 0.497 e. The zero-order valence-corrected chi connectivity index (χ0v) is 22.9. The van der Waals surface area contributed by atoms with E-state index in [1.165, 1.54) is 13.4 Å². The van der Waals surface area contributed by atoms with Gasteiger partial charge in [0.15, 0.2) is 0 Å². The minimum atomic E-state index is -0.581. The molecule has 0 saturated carbocycles. The molecule has 200 valence electrons. The van der Waals surface area contributed by atoms with Gasteiger partial charge in [-0.25, -0.2) is 4.68 Å². The Morgan fingerprint density at radius 1 is 1.05 bits per heavy atom. The maximum atomic E-state index is 13.8. The molecule has 1 aromatic heterocycles. The second-order valence-corrected chi connectivity index (χ2v) is 9.56. The van der Waals surface area contributed by atoms with E-state index in [4.69, 9.17) is 37.4 Å². The van der Waals surface area contributed by atoms with Crippen LogP contribution in [0.1, 0.15) is 24.1 Å². The van der Waals surface area contributed by atoms with E-state index in [0.29, 0.717) is 50.2 Å². The van der Waals surface area contributed by atoms with Crippen LogP contribution >= 0.6 is 23.2 Å². The maximum absolute atomic E-state index is 13.8. The summed E-state index contributed by atoms with van der Waals surface area (Å²) in [5.41, 5.74) is 3.15. The fourth-order valence-corrected chi connectivity index (χ4v) is 4.83. The number of halogens is 2. The Kier molecular flexibility index (Phi) is 7.63. The van der Waals surface area contributed by atoms with Gasteiger partial charge in [0.1, 0.15) is 36.2 Å². The minimum absolute atomic E-state index is 0.248. The zero-order valence-electron chi connectivity index (χ0n) is 21.4. The Bertz CT molecular complexity index is 1570. The summed E-state index contributed by atoms with van der Waals surface area (Å²) >= 11 is 12.3. The number of allylic oxidation sites excluding steroid dienone is 1. The first kappa shape index (κ1) is 26.4. The number of benzene rings is 3. The molecule has 0 spiro atoms. The van der Waals surface area contributed by atoms with Crippen LogP contribution < -0.4 is 24.8 Å². The quantitative estimate of drug-likeness (QED) is 0.266. The van der Waals surface area contributed by atoms with Gasteiger partial charge in [-0.05, 0) is 48.9 Å². The van der Waals surface area contributed by atoms with Crippen LogP contribution in [0.4, 0.5) is 11.6 Å². The van der Waals surface area contributed by atoms with Crippen molar-refractivity contribution in [3.8, 4) is 17.2 Å². The van der Waals surface area contributed by atoms with Crippen molar-refractivity contribution in [2.45, 2.75) is 19.6 Å². The number of amides is 1. The number of fused-ring (bicyclic) bond motifs is 1. The molecule has 0 unspecified atom stereocenters. The lowest BCUT2D eigenvalue weighted by molar-refractivity contribution is -0.113. The third kappa shape index (κ3) is 5.50. The number of hydrogen-bond acceptors (Lipinski definition) is 7. The van der Waals surface area contributed by atoms with E-state index in [1.807, 2.05) is 37.3 Å². The van der Waals surface area contributed by atoms with E-state index in [1.54, 1.807) is 42.1 Å². The molecule has 0 saturated heterocycles. The van der Waals surface area contributed by atoms with Crippen LogP contribution in [0.5, 0.6) is 17.2 Å². The first-order valence-electron chi connectivity index (χ1n) is 11.9. The van der Waals surface area contributed by atoms with Crippen molar-refractivity contribution in [2.75, 3.05) is 24.9 Å². The number of carbonyl (C=O) groups is 1. The smallest absolute Gasteiger partial charge is 0.255 e. The van der Waals surface area contributed by atoms with Crippen molar-refractivity contribution in [1.82, 2.24) is 14.8 Å². The van der Waals surface area contributed by atoms with Crippen molar-refractivity contribution in [1.29, 1.82) is 0 Å². The summed E-state index contributed by atoms with van der Waals surface area (Å²) in [4.78, 5) is 18.1. The number of carbonyl (C=O) groups excluding carboxylic acids is 1. The molecule has 1 aliphatic heterocycles. The van der Waals surface area contributed by atoms with Crippen LogP contribution in [0.2, 0.25) is 10.0 Å². The van der Waals surface area contributed by atoms with Crippen molar-refractivity contribution < 1.29 is 19.0 Å². The van der Waals surface area contributed by atoms with Crippen molar-refractivity contribution in [2.24, 2.45) is 0 Å². The summed E-state index contributed by atoms with van der Waals surface area (Å²) in [5.74, 6) is 1.87. The highest BCUT2D eigenvalue weighted by atomic mass is 35.5. The molecule has 1 aliphatic rings. The van der Waals surface area contributed by atoms with Crippen LogP contribution in [0.15, 0.2) is 78.3 Å². The molecular formula is C28H25Cl2N5O4. The fourth-order valence-electron chi connectivity index (χ4n) is 4.37. The third-order valence-corrected chi connectivity index (χ3v) is 6.86. The molecule has 5 rings (SSSR count). The first-order valence-corrected chi connectivity index (χ1v) is 12.7. The zero-order chi connectivity index (χ0) is 27.5. The molecule has 0 radical (unpaired) electrons. The van der Waals surface area contributed by atoms with Crippen molar-refractivity contribution >= 4 is 40.7 Å².